The monoisotopic (exact) mass is 786 g/mol. The molecule has 0 amide bonds. The van der Waals surface area contributed by atoms with E-state index in [0.717, 1.165) is 27.3 Å². The van der Waals surface area contributed by atoms with E-state index < -0.39 is 27.4 Å². The molecule has 4 nitrogen and oxygen atoms in total. The molecule has 4 heterocycles. The Balaban J connectivity index is 0.000000230. The van der Waals surface area contributed by atoms with Crippen LogP contribution in [0.1, 0.15) is 38.8 Å². The third-order valence-corrected chi connectivity index (χ3v) is 7.34. The van der Waals surface area contributed by atoms with Crippen LogP contribution in [0, 0.1) is 39.5 Å². The van der Waals surface area contributed by atoms with Crippen molar-refractivity contribution in [3.8, 4) is 33.6 Å². The normalized spacial score (nSPS) is 15.8. The Bertz CT molecular complexity index is 2680. The van der Waals surface area contributed by atoms with Gasteiger partial charge in [0.1, 0.15) is 0 Å². The van der Waals surface area contributed by atoms with Crippen molar-refractivity contribution in [3.05, 3.63) is 150 Å². The largest absolute Gasteiger partial charge is 0.486 e. The fourth-order valence-corrected chi connectivity index (χ4v) is 5.12. The van der Waals surface area contributed by atoms with Crippen molar-refractivity contribution in [2.45, 2.75) is 27.4 Å². The molecule has 0 spiro atoms. The smallest absolute Gasteiger partial charge is 0.216 e. The first-order chi connectivity index (χ1) is 26.8. The Kier molecular flexibility index (Phi) is 5.60. The summed E-state index contributed by atoms with van der Waals surface area (Å²) in [6.45, 7) is -8.84. The van der Waals surface area contributed by atoms with E-state index in [1.807, 2.05) is 42.5 Å². The second-order valence-corrected chi connectivity index (χ2v) is 10.4. The predicted octanol–water partition coefficient (Wildman–Crippen LogP) is 10.4. The average Bonchev–Trinajstić information content (AvgIpc) is 3.55. The first-order valence-electron chi connectivity index (χ1n) is 20.0. The zero-order valence-corrected chi connectivity index (χ0v) is 26.4. The molecule has 0 saturated heterocycles. The van der Waals surface area contributed by atoms with Crippen LogP contribution in [-0.4, -0.2) is 15.0 Å². The van der Waals surface area contributed by atoms with Crippen molar-refractivity contribution in [1.82, 2.24) is 15.0 Å². The standard InChI is InChI=1S/C28H19N2O.C13H12N.Ir/c1-17-6-8-19-9-10-20(15-22(19)14-17)21-12-13-29-26(16-21)25-5-3-4-23-24-11-7-18(2)30-28(24)31-27(23)25;1-10-3-6-12(7-4-10)13-8-5-11(2)9-14-13;/h3-4,6-16H,1-2H3;3-6,8-9H,1-2H3;/q2*-1;/i2*1D3,2D3;. The van der Waals surface area contributed by atoms with E-state index in [1.165, 1.54) is 30.5 Å². The number of hydrogen-bond donors (Lipinski definition) is 0. The van der Waals surface area contributed by atoms with E-state index >= 15 is 0 Å². The van der Waals surface area contributed by atoms with Gasteiger partial charge in [0.15, 0.2) is 0 Å². The van der Waals surface area contributed by atoms with Crippen molar-refractivity contribution in [1.29, 1.82) is 0 Å². The zero-order valence-electron chi connectivity index (χ0n) is 36.1. The second kappa shape index (κ2) is 13.2. The number of rotatable bonds is 3. The van der Waals surface area contributed by atoms with Gasteiger partial charge in [-0.15, -0.1) is 53.6 Å². The van der Waals surface area contributed by atoms with Crippen LogP contribution in [0.15, 0.2) is 120 Å². The number of furan rings is 1. The van der Waals surface area contributed by atoms with E-state index in [4.69, 9.17) is 20.9 Å². The Morgan fingerprint density at radius 3 is 2.30 bits per heavy atom. The molecule has 0 bridgehead atoms. The quantitative estimate of drug-likeness (QED) is 0.167. The molecular formula is C41H31IrN3O-2. The van der Waals surface area contributed by atoms with Crippen LogP contribution in [0.3, 0.4) is 0 Å². The number of aromatic nitrogens is 3. The summed E-state index contributed by atoms with van der Waals surface area (Å²) in [5.41, 5.74) is 5.68. The molecule has 46 heavy (non-hydrogen) atoms. The van der Waals surface area contributed by atoms with Crippen molar-refractivity contribution < 1.29 is 41.0 Å². The molecule has 0 aliphatic carbocycles. The Morgan fingerprint density at radius 2 is 1.50 bits per heavy atom. The van der Waals surface area contributed by atoms with Gasteiger partial charge in [-0.25, -0.2) is 4.98 Å². The van der Waals surface area contributed by atoms with Crippen molar-refractivity contribution in [2.75, 3.05) is 0 Å². The molecule has 8 aromatic rings. The molecule has 1 radical (unpaired) electrons. The zero-order chi connectivity index (χ0) is 40.9. The van der Waals surface area contributed by atoms with E-state index in [1.54, 1.807) is 42.6 Å². The summed E-state index contributed by atoms with van der Waals surface area (Å²) in [5, 5.41) is 3.30. The summed E-state index contributed by atoms with van der Waals surface area (Å²) in [6.07, 6.45) is 3.00. The molecule has 0 saturated carbocycles. The van der Waals surface area contributed by atoms with E-state index in [-0.39, 0.29) is 42.6 Å². The summed E-state index contributed by atoms with van der Waals surface area (Å²) in [7, 11) is 0. The predicted molar refractivity (Wildman–Crippen MR) is 184 cm³/mol. The van der Waals surface area contributed by atoms with Gasteiger partial charge in [-0.2, -0.15) is 0 Å². The van der Waals surface area contributed by atoms with Gasteiger partial charge in [-0.1, -0.05) is 71.9 Å². The number of nitrogens with zero attached hydrogens (tertiary/aromatic N) is 3. The minimum atomic E-state index is -2.33. The van der Waals surface area contributed by atoms with Gasteiger partial charge in [0.05, 0.1) is 5.58 Å². The van der Waals surface area contributed by atoms with E-state index in [9.17, 15) is 0 Å². The Hall–Kier alpha value is -4.96. The van der Waals surface area contributed by atoms with Crippen molar-refractivity contribution in [3.63, 3.8) is 0 Å². The van der Waals surface area contributed by atoms with Crippen LogP contribution in [0.4, 0.5) is 0 Å². The molecule has 5 heteroatoms. The summed E-state index contributed by atoms with van der Waals surface area (Å²) < 4.78 is 95.8. The second-order valence-electron chi connectivity index (χ2n) is 10.4. The fourth-order valence-electron chi connectivity index (χ4n) is 5.12. The maximum atomic E-state index is 7.72. The van der Waals surface area contributed by atoms with E-state index in [2.05, 4.69) is 27.1 Å². The number of fused-ring (bicyclic) bond motifs is 4. The topological polar surface area (TPSA) is 51.8 Å². The Labute approximate surface area is 299 Å². The minimum absolute atomic E-state index is 0. The van der Waals surface area contributed by atoms with Gasteiger partial charge in [0, 0.05) is 60.0 Å². The molecule has 0 aliphatic heterocycles. The molecule has 0 aliphatic rings. The molecule has 0 atom stereocenters. The van der Waals surface area contributed by atoms with Crippen molar-refractivity contribution >= 4 is 32.8 Å². The average molecular weight is 786 g/mol. The van der Waals surface area contributed by atoms with Crippen molar-refractivity contribution in [2.24, 2.45) is 0 Å². The summed E-state index contributed by atoms with van der Waals surface area (Å²) in [4.78, 5) is 12.9. The number of aryl methyl sites for hydroxylation is 4. The van der Waals surface area contributed by atoms with Crippen LogP contribution >= 0.6 is 0 Å². The van der Waals surface area contributed by atoms with Gasteiger partial charge < -0.3 is 14.4 Å². The molecule has 0 N–H and O–H groups in total. The Morgan fingerprint density at radius 1 is 0.652 bits per heavy atom. The first-order valence-corrected chi connectivity index (χ1v) is 14.0. The molecule has 4 aromatic heterocycles. The first kappa shape index (κ1) is 19.5. The summed E-state index contributed by atoms with van der Waals surface area (Å²) >= 11 is 0. The minimum Gasteiger partial charge on any atom is -0.486 e. The van der Waals surface area contributed by atoms with Gasteiger partial charge >= 0.3 is 0 Å². The molecule has 227 valence electrons. The number of pyridine rings is 3. The maximum Gasteiger partial charge on any atom is 0.216 e. The third kappa shape index (κ3) is 6.39. The molecule has 4 aromatic carbocycles. The molecule has 0 unspecified atom stereocenters. The SMILES string of the molecule is [2H]C([2H])([2H])c1c[c-]c(-c2ccc(C([2H])([2H])[2H])cn2)cc1.[2H]C([2H])([2H])c1ccc2ccc(-c3ccnc(-c4[c-]ccc5c4oc4nc(C([2H])([2H])[2H])ccc45)c3)cc2c1.[Ir]. The number of benzene rings is 4. The number of hydrogen-bond acceptors (Lipinski definition) is 4. The molecule has 0 fully saturated rings. The van der Waals surface area contributed by atoms with Crippen LogP contribution in [0.25, 0.3) is 66.5 Å². The van der Waals surface area contributed by atoms with Gasteiger partial charge in [-0.3, -0.25) is 0 Å². The van der Waals surface area contributed by atoms with E-state index in [0.29, 0.717) is 39.0 Å². The van der Waals surface area contributed by atoms with Crippen LogP contribution in [0.5, 0.6) is 0 Å². The van der Waals surface area contributed by atoms with Gasteiger partial charge in [-0.05, 0) is 83.7 Å². The summed E-state index contributed by atoms with van der Waals surface area (Å²) in [5.74, 6) is 0. The van der Waals surface area contributed by atoms with Crippen LogP contribution in [0.2, 0.25) is 0 Å². The van der Waals surface area contributed by atoms with Gasteiger partial charge in [0.2, 0.25) is 5.71 Å². The van der Waals surface area contributed by atoms with Crippen LogP contribution in [-0.2, 0) is 20.1 Å². The summed E-state index contributed by atoms with van der Waals surface area (Å²) in [6, 6.07) is 35.4. The third-order valence-electron chi connectivity index (χ3n) is 7.34. The van der Waals surface area contributed by atoms with Crippen LogP contribution < -0.4 is 0 Å². The maximum absolute atomic E-state index is 7.72. The molecule has 8 rings (SSSR count). The molecular weight excluding hydrogens is 743 g/mol. The van der Waals surface area contributed by atoms with Gasteiger partial charge in [0.25, 0.3) is 0 Å². The fraction of sp³-hybridized carbons (Fsp3) is 0.0976.